The van der Waals surface area contributed by atoms with Crippen molar-refractivity contribution in [2.75, 3.05) is 13.2 Å². The molecular weight excluding hydrogens is 299 g/mol. The van der Waals surface area contributed by atoms with Crippen molar-refractivity contribution in [1.82, 2.24) is 0 Å². The lowest BCUT2D eigenvalue weighted by Crippen LogP contribution is -2.09. The molecule has 0 aliphatic rings. The third kappa shape index (κ3) is 5.43. The standard InChI is InChI=1S/C15H18Cl2O3/c1-4-12-8-13(19-6-5-14(16)17)7-10(2)15(12)20-9-11(3)18/h5,7-8H,4,6,9H2,1-3H3. The van der Waals surface area contributed by atoms with Crippen molar-refractivity contribution >= 4 is 29.0 Å². The van der Waals surface area contributed by atoms with Gasteiger partial charge in [-0.25, -0.2) is 0 Å². The summed E-state index contributed by atoms with van der Waals surface area (Å²) in [6.07, 6.45) is 2.36. The average molecular weight is 317 g/mol. The molecule has 0 aromatic heterocycles. The van der Waals surface area contributed by atoms with Crippen molar-refractivity contribution in [3.8, 4) is 11.5 Å². The van der Waals surface area contributed by atoms with E-state index in [2.05, 4.69) is 0 Å². The molecule has 0 spiro atoms. The van der Waals surface area contributed by atoms with Crippen molar-refractivity contribution in [2.24, 2.45) is 0 Å². The summed E-state index contributed by atoms with van der Waals surface area (Å²) in [7, 11) is 0. The Balaban J connectivity index is 2.89. The molecule has 0 aliphatic carbocycles. The second-order valence-corrected chi connectivity index (χ2v) is 5.39. The fourth-order valence-electron chi connectivity index (χ4n) is 1.74. The molecule has 1 aromatic rings. The Morgan fingerprint density at radius 3 is 2.55 bits per heavy atom. The number of hydrogen-bond acceptors (Lipinski definition) is 3. The molecule has 0 N–H and O–H groups in total. The van der Waals surface area contributed by atoms with Gasteiger partial charge in [-0.2, -0.15) is 0 Å². The van der Waals surface area contributed by atoms with E-state index >= 15 is 0 Å². The predicted octanol–water partition coefficient (Wildman–Crippen LogP) is 4.22. The molecule has 5 heteroatoms. The van der Waals surface area contributed by atoms with Crippen LogP contribution in [0.2, 0.25) is 0 Å². The van der Waals surface area contributed by atoms with Gasteiger partial charge in [0.15, 0.2) is 5.78 Å². The van der Waals surface area contributed by atoms with Crippen molar-refractivity contribution in [3.05, 3.63) is 33.8 Å². The Morgan fingerprint density at radius 2 is 2.00 bits per heavy atom. The topological polar surface area (TPSA) is 35.5 Å². The average Bonchev–Trinajstić information content (AvgIpc) is 2.36. The van der Waals surface area contributed by atoms with Crippen molar-refractivity contribution < 1.29 is 14.3 Å². The molecule has 0 radical (unpaired) electrons. The Bertz CT molecular complexity index is 506. The van der Waals surface area contributed by atoms with Crippen LogP contribution in [0.25, 0.3) is 0 Å². The Morgan fingerprint density at radius 1 is 1.30 bits per heavy atom. The van der Waals surface area contributed by atoms with Gasteiger partial charge in [-0.1, -0.05) is 30.1 Å². The Labute approximate surface area is 129 Å². The summed E-state index contributed by atoms with van der Waals surface area (Å²) in [5.74, 6) is 1.47. The number of benzene rings is 1. The lowest BCUT2D eigenvalue weighted by molar-refractivity contribution is -0.118. The molecule has 0 unspecified atom stereocenters. The molecule has 0 bridgehead atoms. The van der Waals surface area contributed by atoms with Crippen LogP contribution in [0.3, 0.4) is 0 Å². The number of halogens is 2. The van der Waals surface area contributed by atoms with Gasteiger partial charge in [0, 0.05) is 0 Å². The van der Waals surface area contributed by atoms with Crippen molar-refractivity contribution in [1.29, 1.82) is 0 Å². The van der Waals surface area contributed by atoms with Gasteiger partial charge in [0.25, 0.3) is 0 Å². The highest BCUT2D eigenvalue weighted by Crippen LogP contribution is 2.29. The van der Waals surface area contributed by atoms with Crippen molar-refractivity contribution in [2.45, 2.75) is 27.2 Å². The number of rotatable bonds is 7. The van der Waals surface area contributed by atoms with Gasteiger partial charge in [0.1, 0.15) is 29.2 Å². The molecule has 3 nitrogen and oxygen atoms in total. The van der Waals surface area contributed by atoms with Gasteiger partial charge in [0.2, 0.25) is 0 Å². The first kappa shape index (κ1) is 16.9. The minimum Gasteiger partial charge on any atom is -0.489 e. The number of Topliss-reactive ketones (excluding diaryl/α,β-unsaturated/α-hetero) is 1. The molecular formula is C15H18Cl2O3. The zero-order valence-corrected chi connectivity index (χ0v) is 13.3. The SMILES string of the molecule is CCc1cc(OCC=C(Cl)Cl)cc(C)c1OCC(C)=O. The van der Waals surface area contributed by atoms with E-state index in [4.69, 9.17) is 32.7 Å². The number of carbonyl (C=O) groups excluding carboxylic acids is 1. The molecule has 0 saturated heterocycles. The molecule has 1 aromatic carbocycles. The minimum atomic E-state index is -0.00586. The second-order valence-electron chi connectivity index (χ2n) is 4.38. The molecule has 1 rings (SSSR count). The van der Waals surface area contributed by atoms with Gasteiger partial charge in [-0.05, 0) is 49.6 Å². The number of hydrogen-bond donors (Lipinski definition) is 0. The molecule has 0 amide bonds. The number of ether oxygens (including phenoxy) is 2. The van der Waals surface area contributed by atoms with Crippen LogP contribution in [0.4, 0.5) is 0 Å². The van der Waals surface area contributed by atoms with Crippen LogP contribution >= 0.6 is 23.2 Å². The summed E-state index contributed by atoms with van der Waals surface area (Å²) in [6.45, 7) is 5.83. The summed E-state index contributed by atoms with van der Waals surface area (Å²) < 4.78 is 11.3. The molecule has 0 heterocycles. The van der Waals surface area contributed by atoms with E-state index < -0.39 is 0 Å². The van der Waals surface area contributed by atoms with E-state index in [1.165, 1.54) is 6.92 Å². The fraction of sp³-hybridized carbons (Fsp3) is 0.400. The third-order valence-corrected chi connectivity index (χ3v) is 2.92. The highest BCUT2D eigenvalue weighted by molar-refractivity contribution is 6.55. The predicted molar refractivity (Wildman–Crippen MR) is 82.0 cm³/mol. The maximum absolute atomic E-state index is 11.0. The highest BCUT2D eigenvalue weighted by atomic mass is 35.5. The Hall–Kier alpha value is -1.19. The summed E-state index contributed by atoms with van der Waals surface area (Å²) >= 11 is 11.0. The van der Waals surface area contributed by atoms with Gasteiger partial charge in [-0.3, -0.25) is 4.79 Å². The lowest BCUT2D eigenvalue weighted by Gasteiger charge is -2.14. The van der Waals surface area contributed by atoms with E-state index in [0.717, 1.165) is 29.0 Å². The van der Waals surface area contributed by atoms with E-state index in [1.807, 2.05) is 26.0 Å². The maximum atomic E-state index is 11.0. The molecule has 0 fully saturated rings. The normalized spacial score (nSPS) is 10.1. The van der Waals surface area contributed by atoms with Crippen LogP contribution in [0.15, 0.2) is 22.7 Å². The third-order valence-electron chi connectivity index (χ3n) is 2.61. The fourth-order valence-corrected chi connectivity index (χ4v) is 1.86. The zero-order valence-electron chi connectivity index (χ0n) is 11.8. The molecule has 0 atom stereocenters. The largest absolute Gasteiger partial charge is 0.489 e. The molecule has 20 heavy (non-hydrogen) atoms. The van der Waals surface area contributed by atoms with E-state index in [0.29, 0.717) is 6.61 Å². The number of ketones is 1. The maximum Gasteiger partial charge on any atom is 0.167 e. The summed E-state index contributed by atoms with van der Waals surface area (Å²) in [5, 5.41) is 0. The first-order valence-corrected chi connectivity index (χ1v) is 7.09. The summed E-state index contributed by atoms with van der Waals surface area (Å²) in [6, 6.07) is 3.77. The molecule has 110 valence electrons. The van der Waals surface area contributed by atoms with E-state index in [9.17, 15) is 4.79 Å². The van der Waals surface area contributed by atoms with Crippen LogP contribution in [-0.2, 0) is 11.2 Å². The van der Waals surface area contributed by atoms with Crippen LogP contribution in [0.5, 0.6) is 11.5 Å². The van der Waals surface area contributed by atoms with Gasteiger partial charge >= 0.3 is 0 Å². The highest BCUT2D eigenvalue weighted by Gasteiger charge is 2.10. The first-order chi connectivity index (χ1) is 9.43. The van der Waals surface area contributed by atoms with Crippen LogP contribution < -0.4 is 9.47 Å². The smallest absolute Gasteiger partial charge is 0.167 e. The monoisotopic (exact) mass is 316 g/mol. The molecule has 0 saturated carbocycles. The zero-order chi connectivity index (χ0) is 15.1. The molecule has 0 aliphatic heterocycles. The van der Waals surface area contributed by atoms with E-state index in [-0.39, 0.29) is 16.9 Å². The first-order valence-electron chi connectivity index (χ1n) is 6.33. The van der Waals surface area contributed by atoms with E-state index in [1.54, 1.807) is 6.08 Å². The van der Waals surface area contributed by atoms with Crippen LogP contribution in [0, 0.1) is 6.92 Å². The Kier molecular flexibility index (Phi) is 6.89. The van der Waals surface area contributed by atoms with Gasteiger partial charge in [0.05, 0.1) is 0 Å². The van der Waals surface area contributed by atoms with Gasteiger partial charge in [-0.15, -0.1) is 0 Å². The lowest BCUT2D eigenvalue weighted by atomic mass is 10.1. The minimum absolute atomic E-state index is 0.00586. The quantitative estimate of drug-likeness (QED) is 0.755. The van der Waals surface area contributed by atoms with Gasteiger partial charge < -0.3 is 9.47 Å². The second kappa shape index (κ2) is 8.18. The van der Waals surface area contributed by atoms with Crippen molar-refractivity contribution in [3.63, 3.8) is 0 Å². The summed E-state index contributed by atoms with van der Waals surface area (Å²) in [4.78, 5) is 11.0. The van der Waals surface area contributed by atoms with Crippen LogP contribution in [0.1, 0.15) is 25.0 Å². The number of carbonyl (C=O) groups is 1. The summed E-state index contributed by atoms with van der Waals surface area (Å²) in [5.41, 5.74) is 1.93. The van der Waals surface area contributed by atoms with Crippen LogP contribution in [-0.4, -0.2) is 19.0 Å². The number of aryl methyl sites for hydroxylation is 2.